The van der Waals surface area contributed by atoms with E-state index in [1.54, 1.807) is 0 Å². The minimum atomic E-state index is -0.139. The lowest BCUT2D eigenvalue weighted by molar-refractivity contribution is 0.857. The minimum Gasteiger partial charge on any atom is -0.317 e. The zero-order chi connectivity index (χ0) is 7.11. The van der Waals surface area contributed by atoms with E-state index in [-0.39, 0.29) is 14.1 Å². The van der Waals surface area contributed by atoms with Gasteiger partial charge in [0, 0.05) is 0 Å². The van der Waals surface area contributed by atoms with E-state index in [4.69, 9.17) is 0 Å². The van der Waals surface area contributed by atoms with Gasteiger partial charge in [0.2, 0.25) is 0 Å². The van der Waals surface area contributed by atoms with Crippen molar-refractivity contribution in [1.82, 2.24) is 5.32 Å². The first-order chi connectivity index (χ1) is 4.23. The predicted octanol–water partition coefficient (Wildman–Crippen LogP) is 1.74. The third kappa shape index (κ3) is 11.9. The lowest BCUT2D eigenvalue weighted by Gasteiger charge is -1.76. The summed E-state index contributed by atoms with van der Waals surface area (Å²) in [4.78, 5) is 0. The van der Waals surface area contributed by atoms with Crippen LogP contribution in [0.1, 0.15) is 12.8 Å². The Labute approximate surface area is 63.2 Å². The molecule has 1 N–H and O–H groups in total. The maximum atomic E-state index is 3.22. The number of nitrogens with one attached hydrogen (secondary N) is 1. The Kier molecular flexibility index (Phi) is 6.97. The third-order valence-corrected chi connectivity index (χ3v) is 0.957. The quantitative estimate of drug-likeness (QED) is 0.509. The second-order valence-electron chi connectivity index (χ2n) is 3.19. The highest BCUT2D eigenvalue weighted by atomic mass is 27.2. The van der Waals surface area contributed by atoms with Crippen LogP contribution < -0.4 is 5.32 Å². The number of hydrogen-bond donors (Lipinski definition) is 1. The zero-order valence-corrected chi connectivity index (χ0v) is 8.06. The molecule has 1 rings (SSSR count). The first kappa shape index (κ1) is 9.49. The summed E-state index contributed by atoms with van der Waals surface area (Å²) >= 11 is -0.139. The van der Waals surface area contributed by atoms with Crippen LogP contribution in [-0.4, -0.2) is 27.2 Å². The molecule has 1 aliphatic rings. The van der Waals surface area contributed by atoms with Crippen LogP contribution in [0.5, 0.6) is 0 Å². The van der Waals surface area contributed by atoms with E-state index in [0.717, 1.165) is 0 Å². The molecule has 0 radical (unpaired) electrons. The van der Waals surface area contributed by atoms with Crippen molar-refractivity contribution in [2.45, 2.75) is 30.2 Å². The first-order valence-electron chi connectivity index (χ1n) is 3.94. The van der Waals surface area contributed by atoms with Crippen molar-refractivity contribution < 1.29 is 0 Å². The third-order valence-electron chi connectivity index (χ3n) is 0.957. The molecule has 0 aromatic rings. The second kappa shape index (κ2) is 6.61. The molecule has 1 nitrogen and oxygen atoms in total. The fourth-order valence-electron chi connectivity index (χ4n) is 0.625. The fraction of sp³-hybridized carbons (Fsp3) is 1.00. The molecule has 1 aliphatic heterocycles. The van der Waals surface area contributed by atoms with Gasteiger partial charge in [-0.15, -0.1) is 17.4 Å². The lowest BCUT2D eigenvalue weighted by Crippen LogP contribution is -2.03. The SMILES string of the molecule is C1CCNC1.[CH3][Al]([CH3])[CH3]. The van der Waals surface area contributed by atoms with Crippen LogP contribution in [0, 0.1) is 0 Å². The molecule has 0 aromatic heterocycles. The normalized spacial score (nSPS) is 16.3. The lowest BCUT2D eigenvalue weighted by atomic mass is 10.4. The van der Waals surface area contributed by atoms with E-state index in [0.29, 0.717) is 0 Å². The van der Waals surface area contributed by atoms with Gasteiger partial charge in [-0.2, -0.15) is 0 Å². The molecule has 0 bridgehead atoms. The molecule has 2 heteroatoms. The summed E-state index contributed by atoms with van der Waals surface area (Å²) in [6.45, 7) is 2.50. The molecule has 0 atom stereocenters. The van der Waals surface area contributed by atoms with E-state index >= 15 is 0 Å². The molecule has 0 amide bonds. The van der Waals surface area contributed by atoms with Gasteiger partial charge in [0.1, 0.15) is 0 Å². The smallest absolute Gasteiger partial charge is 0.251 e. The monoisotopic (exact) mass is 143 g/mol. The van der Waals surface area contributed by atoms with E-state index in [1.165, 1.54) is 25.9 Å². The van der Waals surface area contributed by atoms with Crippen LogP contribution in [-0.2, 0) is 0 Å². The zero-order valence-electron chi connectivity index (χ0n) is 6.91. The Bertz CT molecular complexity index is 40.5. The molecule has 0 aliphatic carbocycles. The predicted molar refractivity (Wildman–Crippen MR) is 45.4 cm³/mol. The molecule has 0 unspecified atom stereocenters. The van der Waals surface area contributed by atoms with E-state index in [9.17, 15) is 0 Å². The van der Waals surface area contributed by atoms with Crippen molar-refractivity contribution in [2.75, 3.05) is 13.1 Å². The molecular weight excluding hydrogens is 125 g/mol. The second-order valence-corrected chi connectivity index (χ2v) is 6.65. The molecular formula is C7H18AlN. The molecule has 54 valence electrons. The Morgan fingerprint density at radius 1 is 1.00 bits per heavy atom. The van der Waals surface area contributed by atoms with Gasteiger partial charge in [-0.3, -0.25) is 0 Å². The van der Waals surface area contributed by atoms with Crippen molar-refractivity contribution in [3.63, 3.8) is 0 Å². The Hall–Kier alpha value is 0.492. The highest BCUT2D eigenvalue weighted by molar-refractivity contribution is 6.54. The topological polar surface area (TPSA) is 12.0 Å². The molecule has 1 heterocycles. The average Bonchev–Trinajstić information content (AvgIpc) is 2.11. The van der Waals surface area contributed by atoms with Crippen LogP contribution in [0.15, 0.2) is 0 Å². The van der Waals surface area contributed by atoms with Crippen molar-refractivity contribution in [3.05, 3.63) is 0 Å². The standard InChI is InChI=1S/C4H9N.3CH3.Al/c1-2-4-5-3-1;;;;/h5H,1-4H2;3*1H3;. The molecule has 1 saturated heterocycles. The van der Waals surface area contributed by atoms with Gasteiger partial charge in [-0.1, -0.05) is 0 Å². The number of rotatable bonds is 0. The molecule has 1 fully saturated rings. The summed E-state index contributed by atoms with van der Waals surface area (Å²) in [6.07, 6.45) is 2.78. The van der Waals surface area contributed by atoms with Crippen molar-refractivity contribution in [1.29, 1.82) is 0 Å². The maximum Gasteiger partial charge on any atom is 0.251 e. The maximum absolute atomic E-state index is 3.22. The van der Waals surface area contributed by atoms with Crippen LogP contribution in [0.4, 0.5) is 0 Å². The molecule has 0 spiro atoms. The van der Waals surface area contributed by atoms with Gasteiger partial charge in [0.25, 0.3) is 14.1 Å². The van der Waals surface area contributed by atoms with Gasteiger partial charge in [-0.25, -0.2) is 0 Å². The van der Waals surface area contributed by atoms with Crippen LogP contribution >= 0.6 is 0 Å². The molecule has 0 saturated carbocycles. The van der Waals surface area contributed by atoms with Crippen molar-refractivity contribution in [2.24, 2.45) is 0 Å². The summed E-state index contributed by atoms with van der Waals surface area (Å²) < 4.78 is 0. The van der Waals surface area contributed by atoms with Crippen LogP contribution in [0.25, 0.3) is 0 Å². The largest absolute Gasteiger partial charge is 0.317 e. The summed E-state index contributed by atoms with van der Waals surface area (Å²) in [5.41, 5.74) is 0. The number of hydrogen-bond acceptors (Lipinski definition) is 1. The molecule has 9 heavy (non-hydrogen) atoms. The van der Waals surface area contributed by atoms with Gasteiger partial charge in [0.15, 0.2) is 0 Å². The van der Waals surface area contributed by atoms with Crippen molar-refractivity contribution in [3.8, 4) is 0 Å². The van der Waals surface area contributed by atoms with Gasteiger partial charge in [-0.05, 0) is 25.9 Å². The Morgan fingerprint density at radius 3 is 1.44 bits per heavy atom. The van der Waals surface area contributed by atoms with Gasteiger partial charge < -0.3 is 5.32 Å². The fourth-order valence-corrected chi connectivity index (χ4v) is 0.625. The Balaban J connectivity index is 0.000000148. The van der Waals surface area contributed by atoms with Gasteiger partial charge >= 0.3 is 0 Å². The van der Waals surface area contributed by atoms with E-state index < -0.39 is 0 Å². The van der Waals surface area contributed by atoms with Crippen LogP contribution in [0.2, 0.25) is 17.4 Å². The first-order valence-corrected chi connectivity index (χ1v) is 7.40. The highest BCUT2D eigenvalue weighted by Crippen LogP contribution is 1.90. The summed E-state index contributed by atoms with van der Waals surface area (Å²) in [5, 5.41) is 3.22. The van der Waals surface area contributed by atoms with E-state index in [2.05, 4.69) is 22.7 Å². The van der Waals surface area contributed by atoms with Crippen LogP contribution in [0.3, 0.4) is 0 Å². The summed E-state index contributed by atoms with van der Waals surface area (Å²) in [6, 6.07) is 0. The molecule has 0 aromatic carbocycles. The summed E-state index contributed by atoms with van der Waals surface area (Å²) in [7, 11) is 0. The average molecular weight is 143 g/mol. The minimum absolute atomic E-state index is 0.139. The van der Waals surface area contributed by atoms with E-state index in [1.807, 2.05) is 0 Å². The highest BCUT2D eigenvalue weighted by Gasteiger charge is 1.93. The Morgan fingerprint density at radius 2 is 1.33 bits per heavy atom. The van der Waals surface area contributed by atoms with Gasteiger partial charge in [0.05, 0.1) is 0 Å². The van der Waals surface area contributed by atoms with Crippen molar-refractivity contribution >= 4 is 14.1 Å². The summed E-state index contributed by atoms with van der Waals surface area (Å²) in [5.74, 6) is 6.92.